The summed E-state index contributed by atoms with van der Waals surface area (Å²) in [6.07, 6.45) is 0.912. The van der Waals surface area contributed by atoms with E-state index in [9.17, 15) is 4.79 Å². The van der Waals surface area contributed by atoms with Gasteiger partial charge in [-0.3, -0.25) is 9.69 Å². The number of ether oxygens (including phenoxy) is 2. The topological polar surface area (TPSA) is 79.5 Å². The van der Waals surface area contributed by atoms with Crippen molar-refractivity contribution in [1.29, 1.82) is 0 Å². The molecule has 0 unspecified atom stereocenters. The number of imidazole rings is 1. The summed E-state index contributed by atoms with van der Waals surface area (Å²) in [6.45, 7) is 7.55. The second-order valence-corrected chi connectivity index (χ2v) is 8.51. The molecule has 176 valence electrons. The monoisotopic (exact) mass is 458 g/mol. The van der Waals surface area contributed by atoms with Crippen molar-refractivity contribution in [2.45, 2.75) is 13.3 Å². The van der Waals surface area contributed by atoms with Crippen molar-refractivity contribution in [3.05, 3.63) is 60.2 Å². The molecular weight excluding hydrogens is 428 g/mol. The second-order valence-electron chi connectivity index (χ2n) is 8.51. The largest absolute Gasteiger partial charge is 0.493 e. The van der Waals surface area contributed by atoms with Crippen LogP contribution in [0.15, 0.2) is 54.6 Å². The van der Waals surface area contributed by atoms with Gasteiger partial charge in [-0.05, 0) is 61.0 Å². The van der Waals surface area contributed by atoms with Gasteiger partial charge < -0.3 is 19.8 Å². The Bertz CT molecular complexity index is 1240. The fourth-order valence-electron chi connectivity index (χ4n) is 4.39. The number of hydrogen-bond donors (Lipinski definition) is 2. The summed E-state index contributed by atoms with van der Waals surface area (Å²) in [5, 5.41) is 5.35. The fraction of sp³-hybridized carbons (Fsp3) is 0.333. The van der Waals surface area contributed by atoms with Gasteiger partial charge in [0.05, 0.1) is 36.4 Å². The molecule has 3 aromatic carbocycles. The van der Waals surface area contributed by atoms with Crippen LogP contribution in [0.4, 0.5) is 0 Å². The van der Waals surface area contributed by atoms with Crippen LogP contribution in [0.3, 0.4) is 0 Å². The van der Waals surface area contributed by atoms with Crippen LogP contribution in [0.2, 0.25) is 0 Å². The zero-order valence-electron chi connectivity index (χ0n) is 19.5. The maximum absolute atomic E-state index is 12.8. The van der Waals surface area contributed by atoms with Gasteiger partial charge >= 0.3 is 0 Å². The minimum atomic E-state index is -0.0923. The molecule has 1 aliphatic rings. The molecule has 5 rings (SSSR count). The number of rotatable bonds is 8. The molecule has 1 amide bonds. The van der Waals surface area contributed by atoms with Crippen molar-refractivity contribution < 1.29 is 14.3 Å². The molecule has 0 atom stereocenters. The average Bonchev–Trinajstić information content (AvgIpc) is 3.28. The Morgan fingerprint density at radius 3 is 2.71 bits per heavy atom. The van der Waals surface area contributed by atoms with Crippen LogP contribution < -0.4 is 10.1 Å². The normalized spacial score (nSPS) is 14.5. The molecule has 0 bridgehead atoms. The Labute approximate surface area is 199 Å². The van der Waals surface area contributed by atoms with Crippen LogP contribution in [0.25, 0.3) is 33.2 Å². The lowest BCUT2D eigenvalue weighted by Crippen LogP contribution is -2.38. The van der Waals surface area contributed by atoms with Gasteiger partial charge in [-0.1, -0.05) is 24.3 Å². The minimum absolute atomic E-state index is 0.0923. The van der Waals surface area contributed by atoms with E-state index in [1.807, 2.05) is 31.2 Å². The van der Waals surface area contributed by atoms with E-state index in [-0.39, 0.29) is 5.91 Å². The highest BCUT2D eigenvalue weighted by Crippen LogP contribution is 2.32. The fourth-order valence-corrected chi connectivity index (χ4v) is 4.39. The van der Waals surface area contributed by atoms with Crippen LogP contribution in [-0.2, 0) is 4.74 Å². The van der Waals surface area contributed by atoms with E-state index in [4.69, 9.17) is 14.5 Å². The number of benzene rings is 3. The first-order chi connectivity index (χ1) is 16.7. The Morgan fingerprint density at radius 2 is 1.91 bits per heavy atom. The van der Waals surface area contributed by atoms with Gasteiger partial charge in [-0.25, -0.2) is 4.98 Å². The van der Waals surface area contributed by atoms with E-state index in [2.05, 4.69) is 39.5 Å². The molecule has 0 saturated carbocycles. The number of amides is 1. The highest BCUT2D eigenvalue weighted by molar-refractivity contribution is 5.97. The molecule has 1 aromatic heterocycles. The van der Waals surface area contributed by atoms with Crippen molar-refractivity contribution in [3.63, 3.8) is 0 Å². The van der Waals surface area contributed by atoms with Crippen LogP contribution in [0.1, 0.15) is 23.7 Å². The minimum Gasteiger partial charge on any atom is -0.493 e. The van der Waals surface area contributed by atoms with Crippen molar-refractivity contribution in [3.8, 4) is 17.1 Å². The Morgan fingerprint density at radius 1 is 1.12 bits per heavy atom. The van der Waals surface area contributed by atoms with Crippen LogP contribution >= 0.6 is 0 Å². The van der Waals surface area contributed by atoms with Gasteiger partial charge in [0.15, 0.2) is 0 Å². The molecule has 7 nitrogen and oxygen atoms in total. The first-order valence-corrected chi connectivity index (χ1v) is 12.0. The third kappa shape index (κ3) is 4.90. The number of nitrogens with one attached hydrogen (secondary N) is 2. The Hall–Kier alpha value is -3.42. The average molecular weight is 459 g/mol. The number of H-pyrrole nitrogens is 1. The van der Waals surface area contributed by atoms with Crippen LogP contribution in [0.5, 0.6) is 5.75 Å². The van der Waals surface area contributed by atoms with Crippen LogP contribution in [-0.4, -0.2) is 66.8 Å². The molecule has 0 spiro atoms. The molecule has 34 heavy (non-hydrogen) atoms. The number of carbonyl (C=O) groups is 1. The third-order valence-electron chi connectivity index (χ3n) is 6.19. The molecule has 1 aliphatic heterocycles. The van der Waals surface area contributed by atoms with E-state index in [0.29, 0.717) is 24.5 Å². The van der Waals surface area contributed by atoms with Crippen molar-refractivity contribution in [2.75, 3.05) is 46.0 Å². The van der Waals surface area contributed by atoms with Gasteiger partial charge in [0.1, 0.15) is 11.6 Å². The highest BCUT2D eigenvalue weighted by Gasteiger charge is 2.16. The smallest absolute Gasteiger partial charge is 0.251 e. The second kappa shape index (κ2) is 10.2. The molecular formula is C27H30N4O3. The number of carbonyl (C=O) groups excluding carboxylic acids is 1. The van der Waals surface area contributed by atoms with Crippen molar-refractivity contribution in [2.24, 2.45) is 0 Å². The number of morpholine rings is 1. The molecule has 4 aromatic rings. The van der Waals surface area contributed by atoms with E-state index in [1.165, 1.54) is 0 Å². The predicted octanol–water partition coefficient (Wildman–Crippen LogP) is 4.23. The number of aromatic amines is 1. The number of aromatic nitrogens is 2. The lowest BCUT2D eigenvalue weighted by Gasteiger charge is -2.26. The lowest BCUT2D eigenvalue weighted by atomic mass is 10.1. The molecule has 0 radical (unpaired) electrons. The summed E-state index contributed by atoms with van der Waals surface area (Å²) < 4.78 is 11.3. The number of hydrogen-bond acceptors (Lipinski definition) is 5. The third-order valence-corrected chi connectivity index (χ3v) is 6.19. The van der Waals surface area contributed by atoms with E-state index in [1.54, 1.807) is 6.07 Å². The SMILES string of the molecule is CCOc1cc(C(=O)NCCCN2CCOCC2)ccc1-c1nc2cc3ccccc3cc2[nH]1. The standard InChI is InChI=1S/C27H30N4O3/c1-2-34-25-18-21(27(32)28-10-5-11-31-12-14-33-15-13-31)8-9-22(25)26-29-23-16-19-6-3-4-7-20(19)17-24(23)30-26/h3-4,6-9,16-18H,2,5,10-15H2,1H3,(H,28,32)(H,29,30). The molecule has 2 heterocycles. The zero-order valence-corrected chi connectivity index (χ0v) is 19.5. The maximum Gasteiger partial charge on any atom is 0.251 e. The van der Waals surface area contributed by atoms with Crippen molar-refractivity contribution in [1.82, 2.24) is 20.2 Å². The maximum atomic E-state index is 12.8. The Kier molecular flexibility index (Phi) is 6.74. The summed E-state index contributed by atoms with van der Waals surface area (Å²) >= 11 is 0. The lowest BCUT2D eigenvalue weighted by molar-refractivity contribution is 0.0374. The first-order valence-electron chi connectivity index (χ1n) is 12.0. The summed E-state index contributed by atoms with van der Waals surface area (Å²) in [5.74, 6) is 1.28. The first kappa shape index (κ1) is 22.4. The highest BCUT2D eigenvalue weighted by atomic mass is 16.5. The number of fused-ring (bicyclic) bond motifs is 2. The Balaban J connectivity index is 1.31. The van der Waals surface area contributed by atoms with Gasteiger partial charge in [0.25, 0.3) is 5.91 Å². The quantitative estimate of drug-likeness (QED) is 0.386. The van der Waals surface area contributed by atoms with E-state index in [0.717, 1.165) is 72.5 Å². The predicted molar refractivity (Wildman–Crippen MR) is 134 cm³/mol. The number of nitrogens with zero attached hydrogens (tertiary/aromatic N) is 2. The summed E-state index contributed by atoms with van der Waals surface area (Å²) in [7, 11) is 0. The van der Waals surface area contributed by atoms with Gasteiger partial charge in [0, 0.05) is 25.2 Å². The molecule has 1 fully saturated rings. The van der Waals surface area contributed by atoms with E-state index < -0.39 is 0 Å². The van der Waals surface area contributed by atoms with Gasteiger partial charge in [-0.15, -0.1) is 0 Å². The van der Waals surface area contributed by atoms with Crippen LogP contribution in [0, 0.1) is 0 Å². The van der Waals surface area contributed by atoms with Gasteiger partial charge in [-0.2, -0.15) is 0 Å². The molecule has 2 N–H and O–H groups in total. The summed E-state index contributed by atoms with van der Waals surface area (Å²) in [5.41, 5.74) is 3.29. The summed E-state index contributed by atoms with van der Waals surface area (Å²) in [6, 6.07) is 18.0. The van der Waals surface area contributed by atoms with Crippen molar-refractivity contribution >= 4 is 27.7 Å². The van der Waals surface area contributed by atoms with Gasteiger partial charge in [0.2, 0.25) is 0 Å². The van der Waals surface area contributed by atoms with E-state index >= 15 is 0 Å². The zero-order chi connectivity index (χ0) is 23.3. The molecule has 7 heteroatoms. The molecule has 0 aliphatic carbocycles. The summed E-state index contributed by atoms with van der Waals surface area (Å²) in [4.78, 5) is 23.3. The molecule has 1 saturated heterocycles.